The van der Waals surface area contributed by atoms with Crippen molar-refractivity contribution in [2.75, 3.05) is 0 Å². The Morgan fingerprint density at radius 2 is 2.21 bits per heavy atom. The number of aliphatic hydroxyl groups excluding tert-OH is 1. The molecular formula is C8H13NO5. The van der Waals surface area contributed by atoms with Crippen molar-refractivity contribution in [3.8, 4) is 0 Å². The monoisotopic (exact) mass is 203 g/mol. The molecule has 6 heteroatoms. The van der Waals surface area contributed by atoms with Crippen LogP contribution in [0.25, 0.3) is 0 Å². The van der Waals surface area contributed by atoms with Crippen LogP contribution in [0.2, 0.25) is 0 Å². The molecule has 0 aromatic carbocycles. The first kappa shape index (κ1) is 10.8. The van der Waals surface area contributed by atoms with E-state index in [1.807, 2.05) is 0 Å². The third kappa shape index (κ3) is 2.15. The molecular weight excluding hydrogens is 190 g/mol. The normalized spacial score (nSPS) is 23.0. The third-order valence-corrected chi connectivity index (χ3v) is 1.74. The summed E-state index contributed by atoms with van der Waals surface area (Å²) in [6.07, 6.45) is -0.220. The number of nitrogens with two attached hydrogens (primary N) is 1. The van der Waals surface area contributed by atoms with E-state index in [0.717, 1.165) is 0 Å². The molecule has 14 heavy (non-hydrogen) atoms. The number of hydrogen-bond acceptors (Lipinski definition) is 5. The topological polar surface area (TPSA) is 102 Å². The molecule has 0 spiro atoms. The van der Waals surface area contributed by atoms with Crippen LogP contribution in [0.5, 0.6) is 0 Å². The summed E-state index contributed by atoms with van der Waals surface area (Å²) in [5, 5.41) is 18.0. The van der Waals surface area contributed by atoms with E-state index in [1.54, 1.807) is 13.8 Å². The van der Waals surface area contributed by atoms with Crippen molar-refractivity contribution in [3.05, 3.63) is 12.0 Å². The molecule has 0 fully saturated rings. The zero-order valence-electron chi connectivity index (χ0n) is 7.93. The minimum Gasteiger partial charge on any atom is -0.480 e. The molecule has 0 saturated heterocycles. The second-order valence-electron chi connectivity index (χ2n) is 3.45. The van der Waals surface area contributed by atoms with Crippen LogP contribution in [0.4, 0.5) is 0 Å². The van der Waals surface area contributed by atoms with Crippen molar-refractivity contribution >= 4 is 5.97 Å². The zero-order chi connectivity index (χ0) is 10.9. The summed E-state index contributed by atoms with van der Waals surface area (Å²) in [5.74, 6) is -2.15. The molecule has 1 heterocycles. The molecule has 1 aliphatic heterocycles. The Kier molecular flexibility index (Phi) is 2.68. The van der Waals surface area contributed by atoms with E-state index in [2.05, 4.69) is 0 Å². The highest BCUT2D eigenvalue weighted by atomic mass is 16.7. The van der Waals surface area contributed by atoms with Crippen LogP contribution in [-0.2, 0) is 14.3 Å². The van der Waals surface area contributed by atoms with Gasteiger partial charge in [-0.2, -0.15) is 0 Å². The minimum absolute atomic E-state index is 0.0323. The average molecular weight is 203 g/mol. The first-order valence-electron chi connectivity index (χ1n) is 4.07. The van der Waals surface area contributed by atoms with Gasteiger partial charge in [-0.05, 0) is 0 Å². The number of rotatable bonds is 3. The van der Waals surface area contributed by atoms with Crippen molar-refractivity contribution in [2.24, 2.45) is 5.73 Å². The van der Waals surface area contributed by atoms with E-state index >= 15 is 0 Å². The first-order valence-corrected chi connectivity index (χ1v) is 4.07. The number of carbonyl (C=O) groups is 1. The second kappa shape index (κ2) is 3.47. The van der Waals surface area contributed by atoms with E-state index < -0.39 is 23.9 Å². The molecule has 0 aromatic heterocycles. The molecule has 0 radical (unpaired) electrons. The SMILES string of the molecule is CC1(C)OC=C(C(O)C(N)C(=O)O)O1. The highest BCUT2D eigenvalue weighted by Crippen LogP contribution is 2.26. The fourth-order valence-electron chi connectivity index (χ4n) is 0.974. The second-order valence-corrected chi connectivity index (χ2v) is 3.45. The molecule has 0 bridgehead atoms. The van der Waals surface area contributed by atoms with Crippen molar-refractivity contribution in [1.82, 2.24) is 0 Å². The van der Waals surface area contributed by atoms with Gasteiger partial charge in [0, 0.05) is 13.8 Å². The Morgan fingerprint density at radius 3 is 2.57 bits per heavy atom. The van der Waals surface area contributed by atoms with Gasteiger partial charge in [0.2, 0.25) is 5.79 Å². The number of hydrogen-bond donors (Lipinski definition) is 3. The van der Waals surface area contributed by atoms with E-state index in [-0.39, 0.29) is 5.76 Å². The van der Waals surface area contributed by atoms with Crippen molar-refractivity contribution in [2.45, 2.75) is 31.8 Å². The van der Waals surface area contributed by atoms with Gasteiger partial charge >= 0.3 is 5.97 Å². The highest BCUT2D eigenvalue weighted by molar-refractivity contribution is 5.74. The number of ether oxygens (including phenoxy) is 2. The lowest BCUT2D eigenvalue weighted by Gasteiger charge is -2.21. The van der Waals surface area contributed by atoms with Crippen LogP contribution < -0.4 is 5.73 Å². The molecule has 80 valence electrons. The lowest BCUT2D eigenvalue weighted by atomic mass is 10.1. The Morgan fingerprint density at radius 1 is 1.64 bits per heavy atom. The molecule has 0 saturated carbocycles. The van der Waals surface area contributed by atoms with E-state index in [1.165, 1.54) is 6.26 Å². The van der Waals surface area contributed by atoms with Gasteiger partial charge in [-0.25, -0.2) is 0 Å². The van der Waals surface area contributed by atoms with Crippen LogP contribution in [0, 0.1) is 0 Å². The predicted octanol–water partition coefficient (Wildman–Crippen LogP) is -0.616. The number of carboxylic acids is 1. The lowest BCUT2D eigenvalue weighted by molar-refractivity contribution is -0.145. The molecule has 4 N–H and O–H groups in total. The predicted molar refractivity (Wildman–Crippen MR) is 46.0 cm³/mol. The van der Waals surface area contributed by atoms with Gasteiger partial charge in [0.1, 0.15) is 18.4 Å². The molecule has 0 aromatic rings. The lowest BCUT2D eigenvalue weighted by Crippen LogP contribution is -2.43. The summed E-state index contributed by atoms with van der Waals surface area (Å²) in [6, 6.07) is -1.42. The van der Waals surface area contributed by atoms with Gasteiger partial charge in [-0.1, -0.05) is 0 Å². The Hall–Kier alpha value is -1.27. The summed E-state index contributed by atoms with van der Waals surface area (Å²) < 4.78 is 10.1. The first-order chi connectivity index (χ1) is 6.33. The molecule has 0 amide bonds. The van der Waals surface area contributed by atoms with Gasteiger partial charge in [0.05, 0.1) is 0 Å². The fraction of sp³-hybridized carbons (Fsp3) is 0.625. The molecule has 1 rings (SSSR count). The summed E-state index contributed by atoms with van der Waals surface area (Å²) in [6.45, 7) is 3.27. The number of carboxylic acid groups (broad SMARTS) is 1. The van der Waals surface area contributed by atoms with Crippen LogP contribution >= 0.6 is 0 Å². The van der Waals surface area contributed by atoms with Crippen molar-refractivity contribution in [3.63, 3.8) is 0 Å². The molecule has 1 aliphatic rings. The van der Waals surface area contributed by atoms with Crippen molar-refractivity contribution in [1.29, 1.82) is 0 Å². The van der Waals surface area contributed by atoms with Crippen LogP contribution in [-0.4, -0.2) is 34.1 Å². The van der Waals surface area contributed by atoms with Crippen LogP contribution in [0.3, 0.4) is 0 Å². The molecule has 2 unspecified atom stereocenters. The molecule has 6 nitrogen and oxygen atoms in total. The van der Waals surface area contributed by atoms with E-state index in [4.69, 9.17) is 20.3 Å². The maximum absolute atomic E-state index is 10.5. The van der Waals surface area contributed by atoms with Gasteiger partial charge in [0.25, 0.3) is 0 Å². The number of aliphatic hydroxyl groups is 1. The largest absolute Gasteiger partial charge is 0.480 e. The van der Waals surface area contributed by atoms with Crippen molar-refractivity contribution < 1.29 is 24.5 Å². The van der Waals surface area contributed by atoms with Gasteiger partial charge in [-0.3, -0.25) is 4.79 Å². The zero-order valence-corrected chi connectivity index (χ0v) is 7.93. The van der Waals surface area contributed by atoms with Gasteiger partial charge in [0.15, 0.2) is 5.76 Å². The number of aliphatic carboxylic acids is 1. The van der Waals surface area contributed by atoms with E-state index in [9.17, 15) is 9.90 Å². The summed E-state index contributed by atoms with van der Waals surface area (Å²) in [7, 11) is 0. The maximum atomic E-state index is 10.5. The summed E-state index contributed by atoms with van der Waals surface area (Å²) >= 11 is 0. The molecule has 0 aliphatic carbocycles. The summed E-state index contributed by atoms with van der Waals surface area (Å²) in [5.41, 5.74) is 5.20. The quantitative estimate of drug-likeness (QED) is 0.565. The van der Waals surface area contributed by atoms with Gasteiger partial charge < -0.3 is 25.4 Å². The third-order valence-electron chi connectivity index (χ3n) is 1.74. The van der Waals surface area contributed by atoms with Crippen LogP contribution in [0.1, 0.15) is 13.8 Å². The highest BCUT2D eigenvalue weighted by Gasteiger charge is 2.35. The fourth-order valence-corrected chi connectivity index (χ4v) is 0.974. The average Bonchev–Trinajstić information content (AvgIpc) is 2.43. The van der Waals surface area contributed by atoms with Gasteiger partial charge in [-0.15, -0.1) is 0 Å². The van der Waals surface area contributed by atoms with Crippen LogP contribution in [0.15, 0.2) is 12.0 Å². The smallest absolute Gasteiger partial charge is 0.323 e. The maximum Gasteiger partial charge on any atom is 0.323 e. The standard InChI is InChI=1S/C8H13NO5/c1-8(2)13-3-4(14-8)6(10)5(9)7(11)12/h3,5-6,10H,9H2,1-2H3,(H,11,12). The minimum atomic E-state index is -1.42. The Balaban J connectivity index is 2.64. The molecule has 2 atom stereocenters. The summed E-state index contributed by atoms with van der Waals surface area (Å²) in [4.78, 5) is 10.5. The Labute approximate surface area is 80.9 Å². The Bertz CT molecular complexity index is 273. The van der Waals surface area contributed by atoms with E-state index in [0.29, 0.717) is 0 Å².